The molecule has 1 saturated heterocycles. The first-order valence-electron chi connectivity index (χ1n) is 18.8. The Balaban J connectivity index is 0.00000331. The number of rotatable bonds is 15. The Labute approximate surface area is 367 Å². The number of nitrogens with one attached hydrogen (secondary N) is 2. The summed E-state index contributed by atoms with van der Waals surface area (Å²) in [7, 11) is -0.515. The highest BCUT2D eigenvalue weighted by molar-refractivity contribution is 7.99. The molecule has 2 N–H and O–H groups in total. The normalized spacial score (nSPS) is 15.3. The summed E-state index contributed by atoms with van der Waals surface area (Å²) in [5, 5.41) is 16.2. The Morgan fingerprint density at radius 2 is 1.68 bits per heavy atom. The quantitative estimate of drug-likeness (QED) is 0.0599. The molecule has 11 nitrogen and oxygen atoms in total. The van der Waals surface area contributed by atoms with Crippen LogP contribution >= 0.6 is 48.2 Å². The first kappa shape index (κ1) is 45.7. The van der Waals surface area contributed by atoms with E-state index >= 15 is 0 Å². The highest BCUT2D eigenvalue weighted by Crippen LogP contribution is 2.36. The number of fused-ring (bicyclic) bond motifs is 3. The Morgan fingerprint density at radius 1 is 0.949 bits per heavy atom. The van der Waals surface area contributed by atoms with E-state index in [9.17, 15) is 23.3 Å². The molecule has 0 aromatic heterocycles. The van der Waals surface area contributed by atoms with Crippen molar-refractivity contribution in [3.63, 3.8) is 0 Å². The number of nitro benzene ring substituents is 1. The topological polar surface area (TPSA) is 128 Å². The van der Waals surface area contributed by atoms with Gasteiger partial charge in [-0.05, 0) is 110 Å². The van der Waals surface area contributed by atoms with E-state index in [2.05, 4.69) is 38.0 Å². The number of hydrogen-bond acceptors (Lipinski definition) is 10. The van der Waals surface area contributed by atoms with Crippen LogP contribution in [0, 0.1) is 10.1 Å². The fourth-order valence-electron chi connectivity index (χ4n) is 7.53. The number of thioether (sulfide) groups is 1. The van der Waals surface area contributed by atoms with Crippen molar-refractivity contribution in [1.29, 1.82) is 0 Å². The van der Waals surface area contributed by atoms with Gasteiger partial charge in [-0.2, -0.15) is 0 Å². The molecule has 1 amide bonds. The molecule has 0 unspecified atom stereocenters. The summed E-state index contributed by atoms with van der Waals surface area (Å²) in [6.45, 7) is 4.08. The third-order valence-corrected chi connectivity index (χ3v) is 13.2. The number of nitrogens with zero attached hydrogens (tertiary/aromatic N) is 4. The summed E-state index contributed by atoms with van der Waals surface area (Å²) in [6.07, 6.45) is 1.43. The third kappa shape index (κ3) is 11.3. The van der Waals surface area contributed by atoms with Crippen LogP contribution in [0.4, 0.5) is 17.1 Å². The average Bonchev–Trinajstić information content (AvgIpc) is 3.56. The van der Waals surface area contributed by atoms with Crippen LogP contribution in [0.5, 0.6) is 0 Å². The monoisotopic (exact) mass is 896 g/mol. The minimum atomic E-state index is -4.44. The number of nitro groups is 1. The van der Waals surface area contributed by atoms with Gasteiger partial charge in [-0.1, -0.05) is 66.2 Å². The summed E-state index contributed by atoms with van der Waals surface area (Å²) < 4.78 is 29.2. The molecule has 2 atom stereocenters. The first-order valence-corrected chi connectivity index (χ1v) is 21.7. The van der Waals surface area contributed by atoms with Crippen molar-refractivity contribution in [2.75, 3.05) is 56.2 Å². The highest BCUT2D eigenvalue weighted by Gasteiger charge is 2.35. The summed E-state index contributed by atoms with van der Waals surface area (Å²) in [5.74, 6) is -0.155. The van der Waals surface area contributed by atoms with Crippen molar-refractivity contribution >= 4 is 81.2 Å². The van der Waals surface area contributed by atoms with Gasteiger partial charge in [0.15, 0.2) is 0 Å². The van der Waals surface area contributed by atoms with E-state index in [1.807, 2.05) is 85.7 Å². The van der Waals surface area contributed by atoms with Crippen LogP contribution in [0.1, 0.15) is 27.9 Å². The van der Waals surface area contributed by atoms with Gasteiger partial charge in [0.2, 0.25) is 0 Å². The molecule has 312 valence electrons. The van der Waals surface area contributed by atoms with E-state index in [1.165, 1.54) is 23.3 Å². The molecule has 16 heteroatoms. The predicted molar refractivity (Wildman–Crippen MR) is 243 cm³/mol. The lowest BCUT2D eigenvalue weighted by Gasteiger charge is -2.39. The number of piperazine rings is 1. The number of carbonyl (C=O) groups excluding carboxylic acids is 1. The standard InChI is InChI=1S/C43H45ClN6O5S2.2ClH/c1-47(2)21-20-35(29-56-37-9-4-3-5-10-37)45-40-18-17-38(26-42(40)50(52)53)57(54,55)46-43(51)31-14-19-41-33(24-31)25-36-28-48(22-23-49(36)41)27-32-8-6-7-11-39(32)30-12-15-34(44)16-13-30;;/h3-19,24,26,35-36,45H,20-23,25,27-29H2,1-2H3,(H,46,51);2*1H/t35-,36-;;/m1../s1. The maximum absolute atomic E-state index is 13.5. The number of hydrogen-bond donors (Lipinski definition) is 2. The smallest absolute Gasteiger partial charge is 0.293 e. The minimum Gasteiger partial charge on any atom is -0.376 e. The molecular weight excluding hydrogens is 851 g/mol. The van der Waals surface area contributed by atoms with Gasteiger partial charge in [-0.25, -0.2) is 13.1 Å². The van der Waals surface area contributed by atoms with Crippen LogP contribution < -0.4 is 14.9 Å². The SMILES string of the molecule is CN(C)CC[C@H](CSc1ccccc1)Nc1ccc(S(=O)(=O)NC(=O)c2ccc3c(c2)C[C@@H]2CN(Cc4ccccc4-c4ccc(Cl)cc4)CCN32)cc1[N+](=O)[O-].Cl.Cl. The Kier molecular flexibility index (Phi) is 15.7. The molecule has 2 aliphatic rings. The fourth-order valence-corrected chi connectivity index (χ4v) is 9.64. The highest BCUT2D eigenvalue weighted by atomic mass is 35.5. The lowest BCUT2D eigenvalue weighted by molar-refractivity contribution is -0.384. The van der Waals surface area contributed by atoms with Gasteiger partial charge in [0, 0.05) is 71.3 Å². The number of benzene rings is 5. The van der Waals surface area contributed by atoms with Gasteiger partial charge in [0.05, 0.1) is 9.82 Å². The predicted octanol–water partition coefficient (Wildman–Crippen LogP) is 8.65. The number of amides is 1. The molecule has 0 bridgehead atoms. The maximum atomic E-state index is 13.5. The average molecular weight is 898 g/mol. The van der Waals surface area contributed by atoms with Crippen LogP contribution in [0.15, 0.2) is 125 Å². The molecule has 1 fully saturated rings. The number of sulfonamides is 1. The van der Waals surface area contributed by atoms with Crippen LogP contribution in [-0.2, 0) is 23.0 Å². The molecule has 0 aliphatic carbocycles. The minimum absolute atomic E-state index is 0. The largest absolute Gasteiger partial charge is 0.376 e. The van der Waals surface area contributed by atoms with E-state index in [0.29, 0.717) is 17.2 Å². The Bertz CT molecular complexity index is 2360. The van der Waals surface area contributed by atoms with E-state index in [4.69, 9.17) is 11.6 Å². The van der Waals surface area contributed by atoms with E-state index in [0.717, 1.165) is 66.9 Å². The van der Waals surface area contributed by atoms with Crippen molar-refractivity contribution < 1.29 is 18.1 Å². The Morgan fingerprint density at radius 3 is 2.41 bits per heavy atom. The van der Waals surface area contributed by atoms with Gasteiger partial charge in [0.1, 0.15) is 5.69 Å². The van der Waals surface area contributed by atoms with Crippen LogP contribution in [-0.4, -0.2) is 87.2 Å². The number of carbonyl (C=O) groups is 1. The second kappa shape index (κ2) is 20.3. The molecule has 0 radical (unpaired) electrons. The van der Waals surface area contributed by atoms with Crippen molar-refractivity contribution in [3.05, 3.63) is 147 Å². The third-order valence-electron chi connectivity index (χ3n) is 10.4. The van der Waals surface area contributed by atoms with E-state index < -0.39 is 20.9 Å². The lowest BCUT2D eigenvalue weighted by Crippen LogP contribution is -2.51. The van der Waals surface area contributed by atoms with Crippen LogP contribution in [0.2, 0.25) is 5.02 Å². The molecule has 5 aromatic rings. The number of halogens is 3. The molecule has 5 aromatic carbocycles. The zero-order valence-electron chi connectivity index (χ0n) is 32.6. The maximum Gasteiger partial charge on any atom is 0.293 e. The molecule has 0 saturated carbocycles. The van der Waals surface area contributed by atoms with Gasteiger partial charge in [-0.15, -0.1) is 36.6 Å². The van der Waals surface area contributed by atoms with Crippen LogP contribution in [0.3, 0.4) is 0 Å². The van der Waals surface area contributed by atoms with Gasteiger partial charge in [0.25, 0.3) is 21.6 Å². The van der Waals surface area contributed by atoms with E-state index in [1.54, 1.807) is 23.9 Å². The lowest BCUT2D eigenvalue weighted by atomic mass is 9.99. The molecule has 2 heterocycles. The van der Waals surface area contributed by atoms with Gasteiger partial charge in [-0.3, -0.25) is 19.8 Å². The molecule has 59 heavy (non-hydrogen) atoms. The molecular formula is C43H47Cl3N6O5S2. The summed E-state index contributed by atoms with van der Waals surface area (Å²) in [6, 6.07) is 35.3. The van der Waals surface area contributed by atoms with Crippen LogP contribution in [0.25, 0.3) is 11.1 Å². The summed E-state index contributed by atoms with van der Waals surface area (Å²) >= 11 is 7.78. The van der Waals surface area contributed by atoms with Crippen molar-refractivity contribution in [2.24, 2.45) is 0 Å². The summed E-state index contributed by atoms with van der Waals surface area (Å²) in [4.78, 5) is 32.7. The second-order valence-electron chi connectivity index (χ2n) is 14.7. The number of anilines is 2. The fraction of sp³-hybridized carbons (Fsp3) is 0.279. The van der Waals surface area contributed by atoms with E-state index in [-0.39, 0.29) is 58.7 Å². The van der Waals surface area contributed by atoms with Crippen molar-refractivity contribution in [3.8, 4) is 11.1 Å². The Hall–Kier alpha value is -4.34. The summed E-state index contributed by atoms with van der Waals surface area (Å²) in [5.41, 5.74) is 5.59. The van der Waals surface area contributed by atoms with Gasteiger partial charge >= 0.3 is 0 Å². The first-order chi connectivity index (χ1) is 27.4. The van der Waals surface area contributed by atoms with Crippen molar-refractivity contribution in [1.82, 2.24) is 14.5 Å². The molecule has 7 rings (SSSR count). The van der Waals surface area contributed by atoms with Gasteiger partial charge < -0.3 is 15.1 Å². The second-order valence-corrected chi connectivity index (χ2v) is 17.9. The molecule has 2 aliphatic heterocycles. The van der Waals surface area contributed by atoms with Crippen molar-refractivity contribution in [2.45, 2.75) is 41.3 Å². The molecule has 0 spiro atoms. The zero-order valence-corrected chi connectivity index (χ0v) is 36.6. The zero-order chi connectivity index (χ0) is 40.1.